The number of hydrogen-bond donors (Lipinski definition) is 1. The highest BCUT2D eigenvalue weighted by atomic mass is 19.1. The van der Waals surface area contributed by atoms with Gasteiger partial charge in [-0.15, -0.1) is 0 Å². The Bertz CT molecular complexity index is 573. The number of rotatable bonds is 3. The molecule has 2 nitrogen and oxygen atoms in total. The third-order valence-corrected chi connectivity index (χ3v) is 3.31. The van der Waals surface area contributed by atoms with Crippen LogP contribution < -0.4 is 10.6 Å². The van der Waals surface area contributed by atoms with E-state index in [0.717, 1.165) is 0 Å². The molecule has 2 N–H and O–H groups in total. The summed E-state index contributed by atoms with van der Waals surface area (Å²) < 4.78 is 13.8. The summed E-state index contributed by atoms with van der Waals surface area (Å²) in [6.07, 6.45) is 0. The summed E-state index contributed by atoms with van der Waals surface area (Å²) in [6.45, 7) is 4.77. The maximum atomic E-state index is 13.8. The fourth-order valence-corrected chi connectivity index (χ4v) is 2.29. The van der Waals surface area contributed by atoms with Gasteiger partial charge in [-0.05, 0) is 37.1 Å². The highest BCUT2D eigenvalue weighted by molar-refractivity contribution is 5.68. The maximum Gasteiger partial charge on any atom is 0.148 e. The normalized spacial score (nSPS) is 10.5. The van der Waals surface area contributed by atoms with E-state index in [1.165, 1.54) is 22.8 Å². The fourth-order valence-electron chi connectivity index (χ4n) is 2.29. The molecule has 2 aromatic rings. The van der Waals surface area contributed by atoms with Gasteiger partial charge < -0.3 is 10.6 Å². The molecule has 0 unspecified atom stereocenters. The van der Waals surface area contributed by atoms with E-state index >= 15 is 0 Å². The lowest BCUT2D eigenvalue weighted by molar-refractivity contribution is 0.623. The molecule has 0 saturated carbocycles. The zero-order chi connectivity index (χ0) is 14.0. The van der Waals surface area contributed by atoms with Crippen molar-refractivity contribution < 1.29 is 4.39 Å². The number of benzene rings is 2. The molecule has 0 aliphatic rings. The summed E-state index contributed by atoms with van der Waals surface area (Å²) in [5, 5.41) is 0. The third-order valence-electron chi connectivity index (χ3n) is 3.31. The summed E-state index contributed by atoms with van der Waals surface area (Å²) in [6, 6.07) is 11.1. The highest BCUT2D eigenvalue weighted by Crippen LogP contribution is 2.27. The van der Waals surface area contributed by atoms with Crippen LogP contribution >= 0.6 is 0 Å². The molecule has 0 fully saturated rings. The van der Waals surface area contributed by atoms with E-state index in [4.69, 9.17) is 5.73 Å². The van der Waals surface area contributed by atoms with Crippen molar-refractivity contribution in [3.63, 3.8) is 0 Å². The van der Waals surface area contributed by atoms with E-state index in [1.54, 1.807) is 12.1 Å². The molecule has 3 heteroatoms. The summed E-state index contributed by atoms with van der Waals surface area (Å²) in [5.41, 5.74) is 10.4. The standard InChI is InChI=1S/C16H19FN2/c1-11-7-8-13(12(2)9-11)10-19(3)16-14(17)5-4-6-15(16)18/h4-9H,10,18H2,1-3H3. The number of halogens is 1. The smallest absolute Gasteiger partial charge is 0.148 e. The first-order chi connectivity index (χ1) is 8.99. The molecule has 0 amide bonds. The molecule has 0 heterocycles. The monoisotopic (exact) mass is 258 g/mol. The van der Waals surface area contributed by atoms with Crippen LogP contribution in [0, 0.1) is 19.7 Å². The molecule has 0 aliphatic carbocycles. The third kappa shape index (κ3) is 2.87. The molecule has 0 atom stereocenters. The van der Waals surface area contributed by atoms with Crippen molar-refractivity contribution >= 4 is 11.4 Å². The van der Waals surface area contributed by atoms with E-state index in [-0.39, 0.29) is 5.82 Å². The highest BCUT2D eigenvalue weighted by Gasteiger charge is 2.12. The van der Waals surface area contributed by atoms with Gasteiger partial charge in [-0.2, -0.15) is 0 Å². The molecular formula is C16H19FN2. The number of nitrogen functional groups attached to an aromatic ring is 1. The Morgan fingerprint density at radius 3 is 2.53 bits per heavy atom. The minimum absolute atomic E-state index is 0.285. The molecule has 0 bridgehead atoms. The Kier molecular flexibility index (Phi) is 3.74. The average Bonchev–Trinajstić information content (AvgIpc) is 2.32. The van der Waals surface area contributed by atoms with Crippen LogP contribution in [0.1, 0.15) is 16.7 Å². The van der Waals surface area contributed by atoms with E-state index in [9.17, 15) is 4.39 Å². The van der Waals surface area contributed by atoms with Gasteiger partial charge in [-0.3, -0.25) is 0 Å². The summed E-state index contributed by atoms with van der Waals surface area (Å²) >= 11 is 0. The van der Waals surface area contributed by atoms with E-state index < -0.39 is 0 Å². The lowest BCUT2D eigenvalue weighted by atomic mass is 10.1. The van der Waals surface area contributed by atoms with Crippen molar-refractivity contribution in [1.82, 2.24) is 0 Å². The molecule has 0 spiro atoms. The predicted molar refractivity (Wildman–Crippen MR) is 78.8 cm³/mol. The molecular weight excluding hydrogens is 239 g/mol. The van der Waals surface area contributed by atoms with Crippen molar-refractivity contribution in [2.75, 3.05) is 17.7 Å². The second-order valence-electron chi connectivity index (χ2n) is 4.96. The Balaban J connectivity index is 2.28. The predicted octanol–water partition coefficient (Wildman–Crippen LogP) is 3.66. The number of hydrogen-bond acceptors (Lipinski definition) is 2. The average molecular weight is 258 g/mol. The Morgan fingerprint density at radius 1 is 1.16 bits per heavy atom. The Morgan fingerprint density at radius 2 is 1.89 bits per heavy atom. The lowest BCUT2D eigenvalue weighted by Gasteiger charge is -2.22. The van der Waals surface area contributed by atoms with Gasteiger partial charge in [0.05, 0.1) is 11.4 Å². The number of nitrogens with zero attached hydrogens (tertiary/aromatic N) is 1. The minimum atomic E-state index is -0.285. The maximum absolute atomic E-state index is 13.8. The van der Waals surface area contributed by atoms with Crippen LogP contribution in [-0.4, -0.2) is 7.05 Å². The second kappa shape index (κ2) is 5.31. The van der Waals surface area contributed by atoms with Crippen LogP contribution in [0.5, 0.6) is 0 Å². The molecule has 2 aromatic carbocycles. The minimum Gasteiger partial charge on any atom is -0.397 e. The van der Waals surface area contributed by atoms with Gasteiger partial charge in [0.25, 0.3) is 0 Å². The van der Waals surface area contributed by atoms with Crippen molar-refractivity contribution in [3.05, 3.63) is 58.9 Å². The molecule has 0 saturated heterocycles. The van der Waals surface area contributed by atoms with Crippen molar-refractivity contribution in [2.24, 2.45) is 0 Å². The van der Waals surface area contributed by atoms with Crippen molar-refractivity contribution in [2.45, 2.75) is 20.4 Å². The summed E-state index contributed by atoms with van der Waals surface area (Å²) in [5.74, 6) is -0.285. The topological polar surface area (TPSA) is 29.3 Å². The van der Waals surface area contributed by atoms with Crippen LogP contribution in [0.25, 0.3) is 0 Å². The van der Waals surface area contributed by atoms with Crippen LogP contribution in [-0.2, 0) is 6.54 Å². The SMILES string of the molecule is Cc1ccc(CN(C)c2c(N)cccc2F)c(C)c1. The van der Waals surface area contributed by atoms with Crippen LogP contribution in [0.15, 0.2) is 36.4 Å². The Hall–Kier alpha value is -2.03. The van der Waals surface area contributed by atoms with Gasteiger partial charge in [0, 0.05) is 13.6 Å². The van der Waals surface area contributed by atoms with Gasteiger partial charge >= 0.3 is 0 Å². The van der Waals surface area contributed by atoms with Crippen LogP contribution in [0.2, 0.25) is 0 Å². The zero-order valence-corrected chi connectivity index (χ0v) is 11.6. The molecule has 100 valence electrons. The Labute approximate surface area is 113 Å². The summed E-state index contributed by atoms with van der Waals surface area (Å²) in [7, 11) is 1.86. The van der Waals surface area contributed by atoms with E-state index in [1.807, 2.05) is 11.9 Å². The number of para-hydroxylation sites is 1. The van der Waals surface area contributed by atoms with E-state index in [2.05, 4.69) is 32.0 Å². The van der Waals surface area contributed by atoms with Gasteiger partial charge in [0.1, 0.15) is 5.82 Å². The van der Waals surface area contributed by atoms with Gasteiger partial charge in [-0.25, -0.2) is 4.39 Å². The van der Waals surface area contributed by atoms with E-state index in [0.29, 0.717) is 17.9 Å². The van der Waals surface area contributed by atoms with Gasteiger partial charge in [0.15, 0.2) is 0 Å². The van der Waals surface area contributed by atoms with Crippen LogP contribution in [0.4, 0.5) is 15.8 Å². The first kappa shape index (κ1) is 13.4. The largest absolute Gasteiger partial charge is 0.397 e. The number of nitrogens with two attached hydrogens (primary N) is 1. The molecule has 0 aliphatic heterocycles. The van der Waals surface area contributed by atoms with Crippen molar-refractivity contribution in [3.8, 4) is 0 Å². The molecule has 19 heavy (non-hydrogen) atoms. The molecule has 2 rings (SSSR count). The lowest BCUT2D eigenvalue weighted by Crippen LogP contribution is -2.19. The number of anilines is 2. The quantitative estimate of drug-likeness (QED) is 0.851. The number of aryl methyl sites for hydroxylation is 2. The first-order valence-electron chi connectivity index (χ1n) is 6.30. The summed E-state index contributed by atoms with van der Waals surface area (Å²) in [4.78, 5) is 1.85. The molecule has 0 aromatic heterocycles. The van der Waals surface area contributed by atoms with Crippen molar-refractivity contribution in [1.29, 1.82) is 0 Å². The second-order valence-corrected chi connectivity index (χ2v) is 4.96. The molecule has 0 radical (unpaired) electrons. The first-order valence-corrected chi connectivity index (χ1v) is 6.30. The van der Waals surface area contributed by atoms with Gasteiger partial charge in [0.2, 0.25) is 0 Å². The zero-order valence-electron chi connectivity index (χ0n) is 11.6. The van der Waals surface area contributed by atoms with Gasteiger partial charge in [-0.1, -0.05) is 29.8 Å². The fraction of sp³-hybridized carbons (Fsp3) is 0.250. The van der Waals surface area contributed by atoms with Crippen LogP contribution in [0.3, 0.4) is 0 Å².